The quantitative estimate of drug-likeness (QED) is 0.858. The fraction of sp³-hybridized carbons (Fsp3) is 0.500. The molecule has 1 aromatic carbocycles. The van der Waals surface area contributed by atoms with E-state index in [1.807, 2.05) is 0 Å². The van der Waals surface area contributed by atoms with Gasteiger partial charge in [-0.05, 0) is 40.9 Å². The SMILES string of the molecule is COc1cc(C(=O)O)cc(Br)c1OCCC1CCCO1. The first-order chi connectivity index (χ1) is 9.61. The molecule has 2 rings (SSSR count). The fourth-order valence-electron chi connectivity index (χ4n) is 2.15. The largest absolute Gasteiger partial charge is 0.493 e. The number of carboxylic acids is 1. The summed E-state index contributed by atoms with van der Waals surface area (Å²) in [7, 11) is 1.49. The number of hydrogen-bond donors (Lipinski definition) is 1. The number of carbonyl (C=O) groups is 1. The summed E-state index contributed by atoms with van der Waals surface area (Å²) in [6, 6.07) is 2.96. The molecule has 0 spiro atoms. The van der Waals surface area contributed by atoms with Gasteiger partial charge < -0.3 is 19.3 Å². The molecule has 1 fully saturated rings. The van der Waals surface area contributed by atoms with Crippen molar-refractivity contribution in [1.29, 1.82) is 0 Å². The molecule has 0 amide bonds. The topological polar surface area (TPSA) is 65.0 Å². The molecule has 0 bridgehead atoms. The lowest BCUT2D eigenvalue weighted by Gasteiger charge is -2.15. The number of aromatic carboxylic acids is 1. The molecule has 0 radical (unpaired) electrons. The standard InChI is InChI=1S/C14H17BrO5/c1-18-12-8-9(14(16)17)7-11(15)13(12)20-6-4-10-3-2-5-19-10/h7-8,10H,2-6H2,1H3,(H,16,17). The fourth-order valence-corrected chi connectivity index (χ4v) is 2.70. The predicted molar refractivity (Wildman–Crippen MR) is 76.7 cm³/mol. The van der Waals surface area contributed by atoms with Gasteiger partial charge in [-0.15, -0.1) is 0 Å². The molecule has 6 heteroatoms. The molecule has 1 heterocycles. The van der Waals surface area contributed by atoms with Crippen LogP contribution in [0.4, 0.5) is 0 Å². The highest BCUT2D eigenvalue weighted by molar-refractivity contribution is 9.10. The Bertz CT molecular complexity index is 483. The van der Waals surface area contributed by atoms with Crippen molar-refractivity contribution in [2.45, 2.75) is 25.4 Å². The van der Waals surface area contributed by atoms with Crippen molar-refractivity contribution in [2.24, 2.45) is 0 Å². The summed E-state index contributed by atoms with van der Waals surface area (Å²) in [5.41, 5.74) is 0.153. The van der Waals surface area contributed by atoms with Crippen molar-refractivity contribution in [3.05, 3.63) is 22.2 Å². The van der Waals surface area contributed by atoms with Gasteiger partial charge in [-0.2, -0.15) is 0 Å². The van der Waals surface area contributed by atoms with Crippen LogP contribution in [0.1, 0.15) is 29.6 Å². The molecular weight excluding hydrogens is 328 g/mol. The van der Waals surface area contributed by atoms with Gasteiger partial charge in [0.1, 0.15) is 0 Å². The Hall–Kier alpha value is -1.27. The second-order valence-electron chi connectivity index (χ2n) is 4.57. The van der Waals surface area contributed by atoms with Crippen molar-refractivity contribution in [1.82, 2.24) is 0 Å². The van der Waals surface area contributed by atoms with Crippen molar-refractivity contribution in [2.75, 3.05) is 20.3 Å². The minimum Gasteiger partial charge on any atom is -0.493 e. The highest BCUT2D eigenvalue weighted by atomic mass is 79.9. The maximum absolute atomic E-state index is 11.0. The van der Waals surface area contributed by atoms with Crippen LogP contribution < -0.4 is 9.47 Å². The van der Waals surface area contributed by atoms with Crippen LogP contribution in [0, 0.1) is 0 Å². The Labute approximate surface area is 126 Å². The third-order valence-electron chi connectivity index (χ3n) is 3.19. The third kappa shape index (κ3) is 3.64. The van der Waals surface area contributed by atoms with Gasteiger partial charge in [0, 0.05) is 13.0 Å². The van der Waals surface area contributed by atoms with Crippen LogP contribution in [-0.2, 0) is 4.74 Å². The first-order valence-corrected chi connectivity index (χ1v) is 7.26. The van der Waals surface area contributed by atoms with Gasteiger partial charge in [0.25, 0.3) is 0 Å². The van der Waals surface area contributed by atoms with Gasteiger partial charge >= 0.3 is 5.97 Å². The van der Waals surface area contributed by atoms with Crippen LogP contribution in [-0.4, -0.2) is 37.5 Å². The van der Waals surface area contributed by atoms with Gasteiger partial charge in [0.15, 0.2) is 11.5 Å². The van der Waals surface area contributed by atoms with Crippen LogP contribution in [0.2, 0.25) is 0 Å². The minimum atomic E-state index is -1.00. The summed E-state index contributed by atoms with van der Waals surface area (Å²) in [5, 5.41) is 9.01. The van der Waals surface area contributed by atoms with Crippen molar-refractivity contribution >= 4 is 21.9 Å². The number of rotatable bonds is 6. The molecule has 1 N–H and O–H groups in total. The molecule has 0 saturated carbocycles. The number of hydrogen-bond acceptors (Lipinski definition) is 4. The molecule has 1 saturated heterocycles. The molecule has 1 unspecified atom stereocenters. The van der Waals surface area contributed by atoms with E-state index in [1.54, 1.807) is 0 Å². The van der Waals surface area contributed by atoms with Gasteiger partial charge in [0.05, 0.1) is 29.9 Å². The zero-order chi connectivity index (χ0) is 14.5. The van der Waals surface area contributed by atoms with Gasteiger partial charge in [-0.3, -0.25) is 0 Å². The lowest BCUT2D eigenvalue weighted by atomic mass is 10.2. The number of ether oxygens (including phenoxy) is 3. The lowest BCUT2D eigenvalue weighted by molar-refractivity contribution is 0.0696. The molecule has 1 aromatic rings. The maximum Gasteiger partial charge on any atom is 0.335 e. The van der Waals surface area contributed by atoms with E-state index < -0.39 is 5.97 Å². The average molecular weight is 345 g/mol. The Morgan fingerprint density at radius 2 is 2.35 bits per heavy atom. The highest BCUT2D eigenvalue weighted by Crippen LogP contribution is 2.37. The highest BCUT2D eigenvalue weighted by Gasteiger charge is 2.18. The van der Waals surface area contributed by atoms with E-state index in [4.69, 9.17) is 19.3 Å². The normalized spacial score (nSPS) is 18.0. The summed E-state index contributed by atoms with van der Waals surface area (Å²) in [6.45, 7) is 1.33. The molecular formula is C14H17BrO5. The third-order valence-corrected chi connectivity index (χ3v) is 3.78. The molecule has 20 heavy (non-hydrogen) atoms. The summed E-state index contributed by atoms with van der Waals surface area (Å²) in [6.07, 6.45) is 3.25. The van der Waals surface area contributed by atoms with Crippen molar-refractivity contribution in [3.63, 3.8) is 0 Å². The van der Waals surface area contributed by atoms with E-state index in [2.05, 4.69) is 15.9 Å². The Morgan fingerprint density at radius 1 is 1.55 bits per heavy atom. The number of methoxy groups -OCH3 is 1. The first-order valence-electron chi connectivity index (χ1n) is 6.47. The predicted octanol–water partition coefficient (Wildman–Crippen LogP) is 3.10. The van der Waals surface area contributed by atoms with Gasteiger partial charge in [-0.25, -0.2) is 4.79 Å². The van der Waals surface area contributed by atoms with E-state index in [9.17, 15) is 4.79 Å². The Kier molecular flexibility index (Phi) is 5.25. The molecule has 1 aliphatic rings. The summed E-state index contributed by atoms with van der Waals surface area (Å²) < 4.78 is 17.0. The summed E-state index contributed by atoms with van der Waals surface area (Å²) >= 11 is 3.32. The van der Waals surface area contributed by atoms with Crippen LogP contribution in [0.15, 0.2) is 16.6 Å². The van der Waals surface area contributed by atoms with Crippen LogP contribution in [0.3, 0.4) is 0 Å². The van der Waals surface area contributed by atoms with E-state index in [0.717, 1.165) is 25.9 Å². The van der Waals surface area contributed by atoms with Crippen LogP contribution in [0.25, 0.3) is 0 Å². The van der Waals surface area contributed by atoms with Gasteiger partial charge in [0.2, 0.25) is 0 Å². The zero-order valence-electron chi connectivity index (χ0n) is 11.2. The zero-order valence-corrected chi connectivity index (χ0v) is 12.8. The van der Waals surface area contributed by atoms with Crippen LogP contribution >= 0.6 is 15.9 Å². The lowest BCUT2D eigenvalue weighted by Crippen LogP contribution is -2.11. The Balaban J connectivity index is 2.04. The van der Waals surface area contributed by atoms with Crippen molar-refractivity contribution < 1.29 is 24.1 Å². The number of carboxylic acid groups (broad SMARTS) is 1. The second kappa shape index (κ2) is 6.95. The molecule has 110 valence electrons. The second-order valence-corrected chi connectivity index (χ2v) is 5.42. The Morgan fingerprint density at radius 3 is 2.95 bits per heavy atom. The monoisotopic (exact) mass is 344 g/mol. The summed E-state index contributed by atoms with van der Waals surface area (Å²) in [5.74, 6) is -0.0745. The smallest absolute Gasteiger partial charge is 0.335 e. The van der Waals surface area contributed by atoms with Crippen LogP contribution in [0.5, 0.6) is 11.5 Å². The maximum atomic E-state index is 11.0. The van der Waals surface area contributed by atoms with Crippen molar-refractivity contribution in [3.8, 4) is 11.5 Å². The van der Waals surface area contributed by atoms with E-state index in [1.165, 1.54) is 19.2 Å². The average Bonchev–Trinajstić information content (AvgIpc) is 2.93. The summed E-state index contributed by atoms with van der Waals surface area (Å²) in [4.78, 5) is 11.0. The van der Waals surface area contributed by atoms with E-state index in [-0.39, 0.29) is 11.7 Å². The number of benzene rings is 1. The number of halogens is 1. The van der Waals surface area contributed by atoms with E-state index in [0.29, 0.717) is 22.6 Å². The first kappa shape index (κ1) is 15.1. The molecule has 1 aliphatic heterocycles. The minimum absolute atomic E-state index is 0.153. The van der Waals surface area contributed by atoms with E-state index >= 15 is 0 Å². The molecule has 5 nitrogen and oxygen atoms in total. The molecule has 1 atom stereocenters. The molecule has 0 aliphatic carbocycles. The molecule has 0 aromatic heterocycles. The van der Waals surface area contributed by atoms with Gasteiger partial charge in [-0.1, -0.05) is 0 Å².